The molecule has 1 aromatic heterocycles. The number of carbonyl (C=O) groups excluding carboxylic acids is 1. The lowest BCUT2D eigenvalue weighted by Crippen LogP contribution is -2.47. The molecule has 1 amide bonds. The SMILES string of the molecule is CC(Oc1cccc(Cl)c1Cl)C(=O)NC1CCN(Cc2ccccn2)CC1. The Bertz CT molecular complexity index is 765. The number of hydrogen-bond acceptors (Lipinski definition) is 4. The van der Waals surface area contributed by atoms with Crippen LogP contribution in [0.4, 0.5) is 0 Å². The lowest BCUT2D eigenvalue weighted by Gasteiger charge is -2.32. The number of ether oxygens (including phenoxy) is 1. The summed E-state index contributed by atoms with van der Waals surface area (Å²) < 4.78 is 5.68. The Labute approximate surface area is 169 Å². The van der Waals surface area contributed by atoms with Crippen LogP contribution >= 0.6 is 23.2 Å². The van der Waals surface area contributed by atoms with Gasteiger partial charge in [0.05, 0.1) is 10.7 Å². The van der Waals surface area contributed by atoms with Crippen LogP contribution in [0.3, 0.4) is 0 Å². The molecule has 1 aliphatic rings. The number of aromatic nitrogens is 1. The molecule has 7 heteroatoms. The van der Waals surface area contributed by atoms with Crippen molar-refractivity contribution in [2.45, 2.75) is 38.5 Å². The van der Waals surface area contributed by atoms with Crippen molar-refractivity contribution in [1.82, 2.24) is 15.2 Å². The number of likely N-dealkylation sites (tertiary alicyclic amines) is 1. The molecule has 0 aliphatic carbocycles. The Hall–Kier alpha value is -1.82. The molecule has 1 N–H and O–H groups in total. The zero-order valence-corrected chi connectivity index (χ0v) is 16.7. The predicted molar refractivity (Wildman–Crippen MR) is 107 cm³/mol. The van der Waals surface area contributed by atoms with Gasteiger partial charge >= 0.3 is 0 Å². The van der Waals surface area contributed by atoms with Crippen LogP contribution in [-0.2, 0) is 11.3 Å². The highest BCUT2D eigenvalue weighted by molar-refractivity contribution is 6.42. The van der Waals surface area contributed by atoms with Crippen molar-refractivity contribution in [3.8, 4) is 5.75 Å². The van der Waals surface area contributed by atoms with Gasteiger partial charge in [0.1, 0.15) is 10.8 Å². The third-order valence-electron chi connectivity index (χ3n) is 4.63. The Morgan fingerprint density at radius 3 is 2.74 bits per heavy atom. The van der Waals surface area contributed by atoms with E-state index < -0.39 is 6.10 Å². The summed E-state index contributed by atoms with van der Waals surface area (Å²) in [5.74, 6) is 0.270. The molecule has 5 nitrogen and oxygen atoms in total. The van der Waals surface area contributed by atoms with Gasteiger partial charge in [-0.05, 0) is 44.0 Å². The number of halogens is 2. The molecule has 3 rings (SSSR count). The van der Waals surface area contributed by atoms with Gasteiger partial charge in [0.2, 0.25) is 0 Å². The van der Waals surface area contributed by atoms with Crippen molar-refractivity contribution in [3.63, 3.8) is 0 Å². The number of nitrogens with zero attached hydrogens (tertiary/aromatic N) is 2. The average molecular weight is 408 g/mol. The summed E-state index contributed by atoms with van der Waals surface area (Å²) in [5, 5.41) is 3.80. The summed E-state index contributed by atoms with van der Waals surface area (Å²) in [6.45, 7) is 4.41. The Balaban J connectivity index is 1.45. The summed E-state index contributed by atoms with van der Waals surface area (Å²) in [6.07, 6.45) is 2.98. The topological polar surface area (TPSA) is 54.5 Å². The van der Waals surface area contributed by atoms with Crippen LogP contribution in [0.25, 0.3) is 0 Å². The van der Waals surface area contributed by atoms with Crippen LogP contribution < -0.4 is 10.1 Å². The maximum Gasteiger partial charge on any atom is 0.260 e. The minimum Gasteiger partial charge on any atom is -0.479 e. The van der Waals surface area contributed by atoms with E-state index >= 15 is 0 Å². The van der Waals surface area contributed by atoms with Gasteiger partial charge < -0.3 is 10.1 Å². The van der Waals surface area contributed by atoms with Gasteiger partial charge in [0, 0.05) is 31.9 Å². The highest BCUT2D eigenvalue weighted by atomic mass is 35.5. The molecule has 1 aliphatic heterocycles. The molecule has 1 fully saturated rings. The summed E-state index contributed by atoms with van der Waals surface area (Å²) >= 11 is 12.1. The first-order valence-electron chi connectivity index (χ1n) is 9.06. The van der Waals surface area contributed by atoms with Gasteiger partial charge in [-0.1, -0.05) is 35.3 Å². The molecule has 0 saturated carbocycles. The van der Waals surface area contributed by atoms with Crippen LogP contribution in [0, 0.1) is 0 Å². The van der Waals surface area contributed by atoms with Crippen molar-refractivity contribution >= 4 is 29.1 Å². The number of hydrogen-bond donors (Lipinski definition) is 1. The maximum absolute atomic E-state index is 12.4. The molecule has 0 spiro atoms. The Morgan fingerprint density at radius 2 is 2.04 bits per heavy atom. The van der Waals surface area contributed by atoms with Gasteiger partial charge in [-0.2, -0.15) is 0 Å². The van der Waals surface area contributed by atoms with E-state index in [0.717, 1.165) is 38.2 Å². The molecule has 0 radical (unpaired) electrons. The van der Waals surface area contributed by atoms with E-state index in [2.05, 4.69) is 15.2 Å². The average Bonchev–Trinajstić information content (AvgIpc) is 2.68. The fraction of sp³-hybridized carbons (Fsp3) is 0.400. The van der Waals surface area contributed by atoms with E-state index in [1.54, 1.807) is 25.1 Å². The van der Waals surface area contributed by atoms with Gasteiger partial charge in [-0.25, -0.2) is 0 Å². The summed E-state index contributed by atoms with van der Waals surface area (Å²) in [7, 11) is 0. The number of nitrogens with one attached hydrogen (secondary N) is 1. The number of piperidine rings is 1. The summed E-state index contributed by atoms with van der Waals surface area (Å²) in [6, 6.07) is 11.2. The second-order valence-corrected chi connectivity index (χ2v) is 7.48. The number of carbonyl (C=O) groups is 1. The van der Waals surface area contributed by atoms with E-state index in [9.17, 15) is 4.79 Å². The third-order valence-corrected chi connectivity index (χ3v) is 5.44. The van der Waals surface area contributed by atoms with E-state index in [-0.39, 0.29) is 11.9 Å². The van der Waals surface area contributed by atoms with E-state index in [1.807, 2.05) is 24.4 Å². The molecule has 1 atom stereocenters. The number of amides is 1. The second kappa shape index (κ2) is 9.40. The van der Waals surface area contributed by atoms with Crippen LogP contribution in [0.2, 0.25) is 10.0 Å². The van der Waals surface area contributed by atoms with E-state index in [1.165, 1.54) is 0 Å². The quantitative estimate of drug-likeness (QED) is 0.787. The van der Waals surface area contributed by atoms with Gasteiger partial charge in [-0.15, -0.1) is 0 Å². The molecule has 1 aromatic carbocycles. The molecular weight excluding hydrogens is 385 g/mol. The van der Waals surface area contributed by atoms with Crippen LogP contribution in [0.5, 0.6) is 5.75 Å². The van der Waals surface area contributed by atoms with Crippen LogP contribution in [-0.4, -0.2) is 41.0 Å². The van der Waals surface area contributed by atoms with Gasteiger partial charge in [0.25, 0.3) is 5.91 Å². The third kappa shape index (κ3) is 5.58. The standard InChI is InChI=1S/C20H23Cl2N3O2/c1-14(27-18-7-4-6-17(21)19(18)22)20(26)24-15-8-11-25(12-9-15)13-16-5-2-3-10-23-16/h2-7,10,14-15H,8-9,11-13H2,1H3,(H,24,26). The lowest BCUT2D eigenvalue weighted by molar-refractivity contribution is -0.128. The lowest BCUT2D eigenvalue weighted by atomic mass is 10.0. The highest BCUT2D eigenvalue weighted by Gasteiger charge is 2.24. The highest BCUT2D eigenvalue weighted by Crippen LogP contribution is 2.32. The molecule has 144 valence electrons. The van der Waals surface area contributed by atoms with Gasteiger partial charge in [-0.3, -0.25) is 14.7 Å². The van der Waals surface area contributed by atoms with Crippen LogP contribution in [0.1, 0.15) is 25.5 Å². The minimum absolute atomic E-state index is 0.144. The normalized spacial score (nSPS) is 16.7. The molecule has 1 unspecified atom stereocenters. The Morgan fingerprint density at radius 1 is 1.26 bits per heavy atom. The molecule has 0 bridgehead atoms. The van der Waals surface area contributed by atoms with E-state index in [4.69, 9.17) is 27.9 Å². The van der Waals surface area contributed by atoms with Crippen molar-refractivity contribution < 1.29 is 9.53 Å². The monoisotopic (exact) mass is 407 g/mol. The van der Waals surface area contributed by atoms with Crippen LogP contribution in [0.15, 0.2) is 42.6 Å². The Kier molecular flexibility index (Phi) is 6.94. The number of pyridine rings is 1. The van der Waals surface area contributed by atoms with E-state index in [0.29, 0.717) is 15.8 Å². The fourth-order valence-corrected chi connectivity index (χ4v) is 3.43. The van der Waals surface area contributed by atoms with Crippen molar-refractivity contribution in [2.24, 2.45) is 0 Å². The largest absolute Gasteiger partial charge is 0.479 e. The van der Waals surface area contributed by atoms with Crippen molar-refractivity contribution in [3.05, 3.63) is 58.3 Å². The number of rotatable bonds is 6. The molecule has 2 aromatic rings. The first-order chi connectivity index (χ1) is 13.0. The molecular formula is C20H23Cl2N3O2. The summed E-state index contributed by atoms with van der Waals surface area (Å²) in [5.41, 5.74) is 1.07. The zero-order chi connectivity index (χ0) is 19.2. The van der Waals surface area contributed by atoms with Crippen molar-refractivity contribution in [2.75, 3.05) is 13.1 Å². The maximum atomic E-state index is 12.4. The zero-order valence-electron chi connectivity index (χ0n) is 15.2. The van der Waals surface area contributed by atoms with Crippen molar-refractivity contribution in [1.29, 1.82) is 0 Å². The summed E-state index contributed by atoms with van der Waals surface area (Å²) in [4.78, 5) is 19.2. The van der Waals surface area contributed by atoms with Gasteiger partial charge in [0.15, 0.2) is 6.10 Å². The number of benzene rings is 1. The first kappa shape index (κ1) is 19.9. The fourth-order valence-electron chi connectivity index (χ4n) is 3.09. The minimum atomic E-state index is -0.646. The smallest absolute Gasteiger partial charge is 0.260 e. The molecule has 27 heavy (non-hydrogen) atoms. The first-order valence-corrected chi connectivity index (χ1v) is 9.82. The molecule has 2 heterocycles. The molecule has 1 saturated heterocycles. The second-order valence-electron chi connectivity index (χ2n) is 6.69. The predicted octanol–water partition coefficient (Wildman–Crippen LogP) is 3.94.